The lowest BCUT2D eigenvalue weighted by Gasteiger charge is -2.18. The van der Waals surface area contributed by atoms with Gasteiger partial charge in [-0.05, 0) is 93.6 Å². The Hall–Kier alpha value is -3.49. The summed E-state index contributed by atoms with van der Waals surface area (Å²) in [6.07, 6.45) is 40.7. The Morgan fingerprint density at radius 2 is 1.21 bits per heavy atom. The van der Waals surface area contributed by atoms with Crippen LogP contribution in [-0.4, -0.2) is 18.5 Å². The summed E-state index contributed by atoms with van der Waals surface area (Å²) in [6.45, 7) is 20.6. The lowest BCUT2D eigenvalue weighted by Crippen LogP contribution is -2.32. The van der Waals surface area contributed by atoms with E-state index in [4.69, 9.17) is 4.74 Å². The summed E-state index contributed by atoms with van der Waals surface area (Å²) in [7, 11) is 1.54. The molecular formula is C41H58O2. The van der Waals surface area contributed by atoms with Gasteiger partial charge in [-0.3, -0.25) is 4.79 Å². The van der Waals surface area contributed by atoms with Gasteiger partial charge in [0.2, 0.25) is 0 Å². The molecule has 0 rings (SSSR count). The summed E-state index contributed by atoms with van der Waals surface area (Å²) in [6, 6.07) is 0. The van der Waals surface area contributed by atoms with Crippen molar-refractivity contribution in [2.24, 2.45) is 5.92 Å². The first-order valence-corrected chi connectivity index (χ1v) is 15.4. The molecule has 0 aliphatic carbocycles. The summed E-state index contributed by atoms with van der Waals surface area (Å²) >= 11 is 0. The number of methoxy groups -OCH3 is 1. The van der Waals surface area contributed by atoms with Crippen LogP contribution in [-0.2, 0) is 9.53 Å². The van der Waals surface area contributed by atoms with Crippen molar-refractivity contribution in [2.75, 3.05) is 7.11 Å². The second-order valence-electron chi connectivity index (χ2n) is 12.0. The molecule has 0 fully saturated rings. The van der Waals surface area contributed by atoms with Gasteiger partial charge in [-0.15, -0.1) is 0 Å². The van der Waals surface area contributed by atoms with E-state index >= 15 is 0 Å². The molecule has 0 radical (unpaired) electrons. The zero-order valence-corrected chi connectivity index (χ0v) is 28.9. The molecule has 1 unspecified atom stereocenters. The minimum absolute atomic E-state index is 0.0525. The zero-order chi connectivity index (χ0) is 32.7. The van der Waals surface area contributed by atoms with E-state index in [2.05, 4.69) is 127 Å². The van der Waals surface area contributed by atoms with Gasteiger partial charge >= 0.3 is 0 Å². The molecule has 0 aromatic heterocycles. The van der Waals surface area contributed by atoms with Crippen LogP contribution in [0.2, 0.25) is 0 Å². The first kappa shape index (κ1) is 39.5. The van der Waals surface area contributed by atoms with E-state index in [0.717, 1.165) is 30.4 Å². The molecule has 2 heteroatoms. The van der Waals surface area contributed by atoms with Crippen LogP contribution >= 0.6 is 0 Å². The Labute approximate surface area is 264 Å². The fourth-order valence-corrected chi connectivity index (χ4v) is 3.43. The zero-order valence-electron chi connectivity index (χ0n) is 28.9. The third-order valence-electron chi connectivity index (χ3n) is 6.69. The summed E-state index contributed by atoms with van der Waals surface area (Å²) in [5.74, 6) is 0.328. The normalized spacial score (nSPS) is 15.8. The third-order valence-corrected chi connectivity index (χ3v) is 6.69. The molecule has 0 aromatic carbocycles. The van der Waals surface area contributed by atoms with Crippen LogP contribution in [0.4, 0.5) is 0 Å². The second kappa shape index (κ2) is 23.0. The van der Waals surface area contributed by atoms with Gasteiger partial charge < -0.3 is 4.74 Å². The number of allylic oxidation sites excluding steroid dienone is 23. The van der Waals surface area contributed by atoms with Crippen LogP contribution in [0.1, 0.15) is 88.5 Å². The van der Waals surface area contributed by atoms with Crippen molar-refractivity contribution in [3.8, 4) is 0 Å². The largest absolute Gasteiger partial charge is 0.371 e. The maximum absolute atomic E-state index is 12.1. The lowest BCUT2D eigenvalue weighted by atomic mass is 10.0. The predicted octanol–water partition coefficient (Wildman–Crippen LogP) is 11.8. The Bertz CT molecular complexity index is 1220. The lowest BCUT2D eigenvalue weighted by molar-refractivity contribution is -0.131. The molecule has 0 saturated heterocycles. The highest BCUT2D eigenvalue weighted by atomic mass is 16.5. The molecule has 0 N–H and O–H groups in total. The van der Waals surface area contributed by atoms with Gasteiger partial charge in [-0.2, -0.15) is 0 Å². The summed E-state index contributed by atoms with van der Waals surface area (Å²) in [4.78, 5) is 12.1. The van der Waals surface area contributed by atoms with Crippen LogP contribution in [0.25, 0.3) is 0 Å². The fraction of sp³-hybridized carbons (Fsp3) is 0.390. The number of carbonyl (C=O) groups is 1. The quantitative estimate of drug-likeness (QED) is 0.0912. The van der Waals surface area contributed by atoms with Crippen LogP contribution in [0.3, 0.4) is 0 Å². The van der Waals surface area contributed by atoms with Gasteiger partial charge in [0, 0.05) is 7.11 Å². The number of rotatable bonds is 18. The van der Waals surface area contributed by atoms with Gasteiger partial charge in [-0.1, -0.05) is 144 Å². The molecule has 0 aliphatic heterocycles. The SMILES string of the molecule is COC(C)(C)C(=O)C=CC(C)=CC=CC(C)=CC=CC(C)=CC=CC=CC(C)C=CC=C(C)CCC=C(C)CC=C(C)C. The first-order chi connectivity index (χ1) is 20.3. The molecule has 43 heavy (non-hydrogen) atoms. The van der Waals surface area contributed by atoms with Crippen LogP contribution in [0, 0.1) is 5.92 Å². The van der Waals surface area contributed by atoms with Crippen molar-refractivity contribution >= 4 is 5.78 Å². The molecule has 0 saturated carbocycles. The number of ether oxygens (including phenoxy) is 1. The Morgan fingerprint density at radius 3 is 1.79 bits per heavy atom. The average molecular weight is 583 g/mol. The van der Waals surface area contributed by atoms with Crippen LogP contribution in [0.5, 0.6) is 0 Å². The van der Waals surface area contributed by atoms with E-state index in [0.29, 0.717) is 5.92 Å². The second-order valence-corrected chi connectivity index (χ2v) is 12.0. The molecule has 0 aliphatic rings. The van der Waals surface area contributed by atoms with Gasteiger partial charge in [0.1, 0.15) is 5.60 Å². The van der Waals surface area contributed by atoms with E-state index in [1.165, 1.54) is 22.3 Å². The first-order valence-electron chi connectivity index (χ1n) is 15.4. The van der Waals surface area contributed by atoms with E-state index in [-0.39, 0.29) is 5.78 Å². The predicted molar refractivity (Wildman–Crippen MR) is 192 cm³/mol. The van der Waals surface area contributed by atoms with Gasteiger partial charge in [-0.25, -0.2) is 0 Å². The maximum atomic E-state index is 12.1. The van der Waals surface area contributed by atoms with Crippen molar-refractivity contribution < 1.29 is 9.53 Å². The molecule has 0 spiro atoms. The Kier molecular flexibility index (Phi) is 21.2. The molecule has 1 atom stereocenters. The van der Waals surface area contributed by atoms with Crippen LogP contribution < -0.4 is 0 Å². The number of carbonyl (C=O) groups excluding carboxylic acids is 1. The Morgan fingerprint density at radius 1 is 0.651 bits per heavy atom. The van der Waals surface area contributed by atoms with Gasteiger partial charge in [0.15, 0.2) is 5.78 Å². The minimum Gasteiger partial charge on any atom is -0.371 e. The third kappa shape index (κ3) is 22.7. The standard InChI is InChI=1S/C41H58O2/c1-33(2)29-30-38(7)27-17-25-36(5)23-15-21-34(3)19-13-12-14-20-35(4)22-16-24-37(6)26-18-28-39(8)31-32-40(42)41(9,10)43-11/h12-16,18-24,26-29,31-32,34H,17,25,30H2,1-11H3. The molecule has 2 nitrogen and oxygen atoms in total. The molecular weight excluding hydrogens is 524 g/mol. The number of ketones is 1. The van der Waals surface area contributed by atoms with Crippen molar-refractivity contribution in [1.82, 2.24) is 0 Å². The van der Waals surface area contributed by atoms with E-state index < -0.39 is 5.60 Å². The molecule has 0 aromatic rings. The fourth-order valence-electron chi connectivity index (χ4n) is 3.43. The van der Waals surface area contributed by atoms with E-state index in [1.807, 2.05) is 31.2 Å². The minimum atomic E-state index is -0.798. The van der Waals surface area contributed by atoms with Crippen molar-refractivity contribution in [2.45, 2.75) is 94.1 Å². The summed E-state index contributed by atoms with van der Waals surface area (Å²) < 4.78 is 5.21. The van der Waals surface area contributed by atoms with Gasteiger partial charge in [0.05, 0.1) is 0 Å². The highest BCUT2D eigenvalue weighted by molar-refractivity contribution is 5.96. The highest BCUT2D eigenvalue weighted by Gasteiger charge is 2.23. The average Bonchev–Trinajstić information content (AvgIpc) is 2.94. The van der Waals surface area contributed by atoms with E-state index in [9.17, 15) is 4.79 Å². The topological polar surface area (TPSA) is 26.3 Å². The van der Waals surface area contributed by atoms with E-state index in [1.54, 1.807) is 27.0 Å². The number of hydrogen-bond acceptors (Lipinski definition) is 2. The molecule has 0 amide bonds. The molecule has 0 bridgehead atoms. The molecule has 234 valence electrons. The molecule has 0 heterocycles. The van der Waals surface area contributed by atoms with Crippen molar-refractivity contribution in [1.29, 1.82) is 0 Å². The maximum Gasteiger partial charge on any atom is 0.186 e. The Balaban J connectivity index is 4.67. The summed E-state index contributed by atoms with van der Waals surface area (Å²) in [5.41, 5.74) is 6.75. The highest BCUT2D eigenvalue weighted by Crippen LogP contribution is 2.12. The number of hydrogen-bond donors (Lipinski definition) is 0. The smallest absolute Gasteiger partial charge is 0.186 e. The van der Waals surface area contributed by atoms with Crippen molar-refractivity contribution in [3.63, 3.8) is 0 Å². The monoisotopic (exact) mass is 582 g/mol. The van der Waals surface area contributed by atoms with Crippen molar-refractivity contribution in [3.05, 3.63) is 143 Å². The van der Waals surface area contributed by atoms with Gasteiger partial charge in [0.25, 0.3) is 0 Å². The summed E-state index contributed by atoms with van der Waals surface area (Å²) in [5, 5.41) is 0. The van der Waals surface area contributed by atoms with Crippen LogP contribution in [0.15, 0.2) is 143 Å².